The normalized spacial score (nSPS) is 14.2. The van der Waals surface area contributed by atoms with Crippen LogP contribution in [0.4, 0.5) is 0 Å². The van der Waals surface area contributed by atoms with E-state index < -0.39 is 5.54 Å². The first-order valence-electron chi connectivity index (χ1n) is 6.23. The zero-order valence-corrected chi connectivity index (χ0v) is 10.7. The number of carbonyl (C=O) groups excluding carboxylic acids is 1. The largest absolute Gasteiger partial charge is 0.368 e. The Morgan fingerprint density at radius 3 is 2.41 bits per heavy atom. The molecule has 0 heterocycles. The first kappa shape index (κ1) is 13.7. The lowest BCUT2D eigenvalue weighted by atomic mass is 9.87. The molecule has 0 aliphatic heterocycles. The molecule has 1 unspecified atom stereocenters. The Bertz CT molecular complexity index is 350. The van der Waals surface area contributed by atoms with Crippen molar-refractivity contribution in [3.63, 3.8) is 0 Å². The molecule has 3 nitrogen and oxygen atoms in total. The first-order chi connectivity index (χ1) is 8.14. The predicted octanol–water partition coefficient (Wildman–Crippen LogP) is 1.86. The number of amides is 1. The summed E-state index contributed by atoms with van der Waals surface area (Å²) in [6, 6.07) is 10.00. The van der Waals surface area contributed by atoms with Gasteiger partial charge in [-0.2, -0.15) is 0 Å². The van der Waals surface area contributed by atoms with Gasteiger partial charge in [-0.25, -0.2) is 0 Å². The molecule has 1 aromatic carbocycles. The summed E-state index contributed by atoms with van der Waals surface area (Å²) in [7, 11) is 0. The first-order valence-corrected chi connectivity index (χ1v) is 6.23. The van der Waals surface area contributed by atoms with Gasteiger partial charge in [0.05, 0.1) is 0 Å². The number of nitrogens with one attached hydrogen (secondary N) is 1. The van der Waals surface area contributed by atoms with E-state index in [1.54, 1.807) is 0 Å². The molecule has 0 aliphatic carbocycles. The molecular weight excluding hydrogens is 212 g/mol. The van der Waals surface area contributed by atoms with Crippen molar-refractivity contribution in [1.29, 1.82) is 0 Å². The van der Waals surface area contributed by atoms with Crippen LogP contribution in [-0.4, -0.2) is 18.0 Å². The summed E-state index contributed by atoms with van der Waals surface area (Å²) in [5, 5.41) is 3.31. The highest BCUT2D eigenvalue weighted by molar-refractivity contribution is 5.85. The van der Waals surface area contributed by atoms with Crippen molar-refractivity contribution in [1.82, 2.24) is 5.32 Å². The van der Waals surface area contributed by atoms with E-state index in [2.05, 4.69) is 12.2 Å². The van der Waals surface area contributed by atoms with Gasteiger partial charge in [0.15, 0.2) is 0 Å². The van der Waals surface area contributed by atoms with Gasteiger partial charge in [0.1, 0.15) is 5.54 Å². The van der Waals surface area contributed by atoms with Gasteiger partial charge in [-0.15, -0.1) is 0 Å². The van der Waals surface area contributed by atoms with Crippen molar-refractivity contribution >= 4 is 5.91 Å². The smallest absolute Gasteiger partial charge is 0.238 e. The van der Waals surface area contributed by atoms with Crippen molar-refractivity contribution in [2.24, 2.45) is 5.73 Å². The minimum Gasteiger partial charge on any atom is -0.368 e. The van der Waals surface area contributed by atoms with Gasteiger partial charge in [0, 0.05) is 0 Å². The molecule has 1 aromatic rings. The lowest BCUT2D eigenvalue weighted by Gasteiger charge is -2.31. The minimum absolute atomic E-state index is 0.266. The maximum atomic E-state index is 11.7. The monoisotopic (exact) mass is 234 g/mol. The van der Waals surface area contributed by atoms with Gasteiger partial charge in [-0.1, -0.05) is 44.2 Å². The average Bonchev–Trinajstić information content (AvgIpc) is 2.35. The van der Waals surface area contributed by atoms with Gasteiger partial charge in [-0.05, 0) is 31.4 Å². The van der Waals surface area contributed by atoms with Gasteiger partial charge in [0.25, 0.3) is 0 Å². The number of rotatable bonds is 7. The minimum atomic E-state index is -0.614. The summed E-state index contributed by atoms with van der Waals surface area (Å²) < 4.78 is 0. The SMILES string of the molecule is CCCNC(CC)(Cc1ccccc1)C(N)=O. The molecule has 0 saturated carbocycles. The third-order valence-corrected chi connectivity index (χ3v) is 3.14. The third-order valence-electron chi connectivity index (χ3n) is 3.14. The Morgan fingerprint density at radius 2 is 1.94 bits per heavy atom. The average molecular weight is 234 g/mol. The van der Waals surface area contributed by atoms with E-state index >= 15 is 0 Å². The Balaban J connectivity index is 2.86. The van der Waals surface area contributed by atoms with Gasteiger partial charge < -0.3 is 11.1 Å². The van der Waals surface area contributed by atoms with Crippen LogP contribution in [0, 0.1) is 0 Å². The number of carbonyl (C=O) groups is 1. The van der Waals surface area contributed by atoms with Crippen LogP contribution in [0.2, 0.25) is 0 Å². The molecule has 1 atom stereocenters. The van der Waals surface area contributed by atoms with E-state index in [9.17, 15) is 4.79 Å². The second-order valence-electron chi connectivity index (χ2n) is 4.39. The number of benzene rings is 1. The van der Waals surface area contributed by atoms with Crippen LogP contribution in [0.3, 0.4) is 0 Å². The molecule has 3 N–H and O–H groups in total. The van der Waals surface area contributed by atoms with E-state index in [1.165, 1.54) is 0 Å². The molecule has 1 rings (SSSR count). The highest BCUT2D eigenvalue weighted by Crippen LogP contribution is 2.17. The second kappa shape index (κ2) is 6.40. The fourth-order valence-corrected chi connectivity index (χ4v) is 1.97. The van der Waals surface area contributed by atoms with Crippen molar-refractivity contribution < 1.29 is 4.79 Å². The van der Waals surface area contributed by atoms with E-state index in [0.717, 1.165) is 18.5 Å². The summed E-state index contributed by atoms with van der Waals surface area (Å²) in [6.45, 7) is 4.89. The van der Waals surface area contributed by atoms with E-state index in [0.29, 0.717) is 12.8 Å². The maximum Gasteiger partial charge on any atom is 0.238 e. The Hall–Kier alpha value is -1.35. The highest BCUT2D eigenvalue weighted by Gasteiger charge is 2.33. The molecule has 1 amide bonds. The topological polar surface area (TPSA) is 55.1 Å². The molecule has 0 fully saturated rings. The van der Waals surface area contributed by atoms with E-state index in [1.807, 2.05) is 37.3 Å². The molecular formula is C14H22N2O. The Kier molecular flexibility index (Phi) is 5.16. The number of nitrogens with two attached hydrogens (primary N) is 1. The van der Waals surface area contributed by atoms with Crippen molar-refractivity contribution in [3.05, 3.63) is 35.9 Å². The summed E-state index contributed by atoms with van der Waals surface area (Å²) in [6.07, 6.45) is 2.35. The molecule has 3 heteroatoms. The van der Waals surface area contributed by atoms with Crippen LogP contribution in [0.1, 0.15) is 32.3 Å². The zero-order chi connectivity index (χ0) is 12.7. The van der Waals surface area contributed by atoms with Crippen LogP contribution >= 0.6 is 0 Å². The summed E-state index contributed by atoms with van der Waals surface area (Å²) in [4.78, 5) is 11.7. The zero-order valence-electron chi connectivity index (χ0n) is 10.7. The summed E-state index contributed by atoms with van der Waals surface area (Å²) in [5.41, 5.74) is 6.09. The fraction of sp³-hybridized carbons (Fsp3) is 0.500. The van der Waals surface area contributed by atoms with Crippen molar-refractivity contribution in [2.45, 2.75) is 38.6 Å². The standard InChI is InChI=1S/C14H22N2O/c1-3-10-16-14(4-2,13(15)17)11-12-8-6-5-7-9-12/h5-9,16H,3-4,10-11H2,1-2H3,(H2,15,17). The molecule has 17 heavy (non-hydrogen) atoms. The van der Waals surface area contributed by atoms with Crippen molar-refractivity contribution in [3.8, 4) is 0 Å². The molecule has 0 spiro atoms. The van der Waals surface area contributed by atoms with Gasteiger partial charge in [0.2, 0.25) is 5.91 Å². The Labute approximate surface area is 103 Å². The quantitative estimate of drug-likeness (QED) is 0.756. The van der Waals surface area contributed by atoms with Crippen LogP contribution in [0.5, 0.6) is 0 Å². The summed E-state index contributed by atoms with van der Waals surface area (Å²) >= 11 is 0. The molecule has 0 saturated heterocycles. The molecule has 0 bridgehead atoms. The molecule has 0 aromatic heterocycles. The third kappa shape index (κ3) is 3.56. The number of hydrogen-bond acceptors (Lipinski definition) is 2. The molecule has 0 radical (unpaired) electrons. The summed E-state index contributed by atoms with van der Waals surface area (Å²) in [5.74, 6) is -0.266. The molecule has 0 aliphatic rings. The highest BCUT2D eigenvalue weighted by atomic mass is 16.1. The van der Waals surface area contributed by atoms with Gasteiger partial charge >= 0.3 is 0 Å². The number of primary amides is 1. The van der Waals surface area contributed by atoms with Crippen LogP contribution < -0.4 is 11.1 Å². The Morgan fingerprint density at radius 1 is 1.29 bits per heavy atom. The maximum absolute atomic E-state index is 11.7. The van der Waals surface area contributed by atoms with Crippen LogP contribution in [-0.2, 0) is 11.2 Å². The molecule has 94 valence electrons. The van der Waals surface area contributed by atoms with E-state index in [4.69, 9.17) is 5.73 Å². The second-order valence-corrected chi connectivity index (χ2v) is 4.39. The van der Waals surface area contributed by atoms with E-state index in [-0.39, 0.29) is 5.91 Å². The van der Waals surface area contributed by atoms with Crippen molar-refractivity contribution in [2.75, 3.05) is 6.54 Å². The van der Waals surface area contributed by atoms with Gasteiger partial charge in [-0.3, -0.25) is 4.79 Å². The lowest BCUT2D eigenvalue weighted by molar-refractivity contribution is -0.124. The van der Waals surface area contributed by atoms with Crippen LogP contribution in [0.25, 0.3) is 0 Å². The lowest BCUT2D eigenvalue weighted by Crippen LogP contribution is -2.56. The fourth-order valence-electron chi connectivity index (χ4n) is 1.97. The predicted molar refractivity (Wildman–Crippen MR) is 70.7 cm³/mol. The number of hydrogen-bond donors (Lipinski definition) is 2. The van der Waals surface area contributed by atoms with Crippen LogP contribution in [0.15, 0.2) is 30.3 Å².